The number of esters is 1. The largest absolute Gasteiger partial charge is 0.454 e. The number of carbonyl (C=O) groups is 2. The van der Waals surface area contributed by atoms with Crippen LogP contribution >= 0.6 is 27.7 Å². The molecule has 2 fully saturated rings. The van der Waals surface area contributed by atoms with E-state index in [2.05, 4.69) is 35.4 Å². The number of fused-ring (bicyclic) bond motifs is 2. The number of nitrogens with two attached hydrogens (primary N) is 1. The van der Waals surface area contributed by atoms with Gasteiger partial charge in [0.25, 0.3) is 5.91 Å². The van der Waals surface area contributed by atoms with E-state index in [1.807, 2.05) is 24.0 Å². The molecule has 1 amide bonds. The number of aromatic nitrogens is 4. The molecule has 3 aromatic rings. The van der Waals surface area contributed by atoms with Gasteiger partial charge < -0.3 is 29.4 Å². The summed E-state index contributed by atoms with van der Waals surface area (Å²) in [7, 11) is 0. The highest BCUT2D eigenvalue weighted by atomic mass is 79.9. The molecule has 3 aliphatic rings. The highest BCUT2D eigenvalue weighted by Crippen LogP contribution is 2.43. The molecule has 0 radical (unpaired) electrons. The summed E-state index contributed by atoms with van der Waals surface area (Å²) in [6, 6.07) is 3.60. The third-order valence-electron chi connectivity index (χ3n) is 8.52. The highest BCUT2D eigenvalue weighted by molar-refractivity contribution is 9.10. The number of aryl methyl sites for hydroxylation is 1. The fraction of sp³-hybridized carbons (Fsp3) is 0.552. The van der Waals surface area contributed by atoms with Crippen molar-refractivity contribution in [3.05, 3.63) is 22.9 Å². The minimum Gasteiger partial charge on any atom is -0.454 e. The first-order chi connectivity index (χ1) is 20.8. The number of likely N-dealkylation sites (N-methyl/N-ethyl adjacent to an activating group) is 1. The van der Waals surface area contributed by atoms with E-state index in [4.69, 9.17) is 24.9 Å². The van der Waals surface area contributed by atoms with Crippen LogP contribution in [0.5, 0.6) is 11.5 Å². The maximum Gasteiger partial charge on any atom is 0.324 e. The van der Waals surface area contributed by atoms with Crippen molar-refractivity contribution in [1.82, 2.24) is 29.3 Å². The van der Waals surface area contributed by atoms with E-state index in [-0.39, 0.29) is 24.7 Å². The van der Waals surface area contributed by atoms with Crippen LogP contribution in [0.1, 0.15) is 46.0 Å². The Hall–Kier alpha value is -3.10. The van der Waals surface area contributed by atoms with Gasteiger partial charge in [-0.1, -0.05) is 18.7 Å². The Labute approximate surface area is 262 Å². The second-order valence-electron chi connectivity index (χ2n) is 11.1. The Morgan fingerprint density at radius 3 is 2.70 bits per heavy atom. The van der Waals surface area contributed by atoms with Crippen LogP contribution in [0.15, 0.2) is 33.0 Å². The molecule has 0 aliphatic carbocycles. The maximum absolute atomic E-state index is 13.1. The maximum atomic E-state index is 13.1. The summed E-state index contributed by atoms with van der Waals surface area (Å²) in [6.07, 6.45) is 5.10. The first kappa shape index (κ1) is 29.9. The van der Waals surface area contributed by atoms with Gasteiger partial charge in [-0.25, -0.2) is 15.0 Å². The molecule has 0 spiro atoms. The minimum absolute atomic E-state index is 0.117. The average Bonchev–Trinajstić information content (AvgIpc) is 3.75. The molecule has 2 saturated heterocycles. The molecule has 2 atom stereocenters. The minimum atomic E-state index is -0.777. The third kappa shape index (κ3) is 6.27. The van der Waals surface area contributed by atoms with Gasteiger partial charge >= 0.3 is 5.97 Å². The van der Waals surface area contributed by atoms with E-state index in [0.29, 0.717) is 54.0 Å². The lowest BCUT2D eigenvalue weighted by atomic mass is 9.93. The van der Waals surface area contributed by atoms with E-state index in [1.165, 1.54) is 18.1 Å². The third-order valence-corrected chi connectivity index (χ3v) is 10.5. The number of hydrogen-bond donors (Lipinski definition) is 1. The van der Waals surface area contributed by atoms with Gasteiger partial charge in [-0.3, -0.25) is 14.5 Å². The Morgan fingerprint density at radius 1 is 1.16 bits per heavy atom. The van der Waals surface area contributed by atoms with E-state index in [1.54, 1.807) is 6.92 Å². The summed E-state index contributed by atoms with van der Waals surface area (Å²) in [5.41, 5.74) is 7.44. The van der Waals surface area contributed by atoms with Crippen molar-refractivity contribution in [2.45, 2.75) is 74.7 Å². The quantitative estimate of drug-likeness (QED) is 0.329. The molecule has 5 heterocycles. The standard InChI is InChI=1S/C29H36BrN7O5S/c1-3-35-9-4-5-20(35)28(39)42-17(2)27(38)36-10-6-18(7-11-36)8-12-37-26-24(25(31)32-15-33-26)34-29(37)43-23-14-22-21(13-19(23)30)40-16-41-22/h13-15,17-18,20H,3-12,16H2,1-2H3,(H2,31,32,33)/t17-,20?/m0/s1. The molecule has 3 aliphatic heterocycles. The normalized spacial score (nSPS) is 19.7. The van der Waals surface area contributed by atoms with Crippen molar-refractivity contribution in [1.29, 1.82) is 0 Å². The van der Waals surface area contributed by atoms with Gasteiger partial charge in [-0.2, -0.15) is 0 Å². The van der Waals surface area contributed by atoms with Crippen molar-refractivity contribution in [3.8, 4) is 11.5 Å². The van der Waals surface area contributed by atoms with Gasteiger partial charge in [-0.15, -0.1) is 0 Å². The van der Waals surface area contributed by atoms with Crippen molar-refractivity contribution in [2.75, 3.05) is 38.7 Å². The number of ether oxygens (including phenoxy) is 3. The van der Waals surface area contributed by atoms with Crippen LogP contribution in [0.4, 0.5) is 5.82 Å². The first-order valence-electron chi connectivity index (χ1n) is 14.8. The number of hydrogen-bond acceptors (Lipinski definition) is 11. The zero-order valence-electron chi connectivity index (χ0n) is 24.3. The monoisotopic (exact) mass is 673 g/mol. The Kier molecular flexibility index (Phi) is 8.96. The molecule has 0 bridgehead atoms. The molecule has 14 heteroatoms. The number of rotatable bonds is 9. The Bertz CT molecular complexity index is 1510. The topological polar surface area (TPSA) is 138 Å². The van der Waals surface area contributed by atoms with Crippen LogP contribution in [0, 0.1) is 5.92 Å². The second-order valence-corrected chi connectivity index (χ2v) is 13.0. The summed E-state index contributed by atoms with van der Waals surface area (Å²) >= 11 is 5.15. The van der Waals surface area contributed by atoms with Gasteiger partial charge in [0.2, 0.25) is 6.79 Å². The number of anilines is 1. The van der Waals surface area contributed by atoms with Gasteiger partial charge in [0.05, 0.1) is 0 Å². The number of halogens is 1. The summed E-state index contributed by atoms with van der Waals surface area (Å²) < 4.78 is 19.7. The van der Waals surface area contributed by atoms with Gasteiger partial charge in [0.15, 0.2) is 39.7 Å². The van der Waals surface area contributed by atoms with Crippen LogP contribution in [0.3, 0.4) is 0 Å². The number of benzene rings is 1. The van der Waals surface area contributed by atoms with Crippen molar-refractivity contribution < 1.29 is 23.8 Å². The van der Waals surface area contributed by atoms with Crippen molar-refractivity contribution in [3.63, 3.8) is 0 Å². The van der Waals surface area contributed by atoms with Crippen LogP contribution in [-0.2, 0) is 20.9 Å². The van der Waals surface area contributed by atoms with Crippen LogP contribution < -0.4 is 15.2 Å². The predicted molar refractivity (Wildman–Crippen MR) is 164 cm³/mol. The average molecular weight is 675 g/mol. The van der Waals surface area contributed by atoms with Gasteiger partial charge in [0, 0.05) is 29.0 Å². The molecular weight excluding hydrogens is 638 g/mol. The molecule has 43 heavy (non-hydrogen) atoms. The Morgan fingerprint density at radius 2 is 1.93 bits per heavy atom. The molecule has 2 aromatic heterocycles. The van der Waals surface area contributed by atoms with E-state index >= 15 is 0 Å². The molecule has 6 rings (SSSR count). The molecule has 1 aromatic carbocycles. The van der Waals surface area contributed by atoms with Gasteiger partial charge in [-0.05, 0) is 86.1 Å². The number of nitrogen functional groups attached to an aromatic ring is 1. The zero-order chi connectivity index (χ0) is 30.1. The lowest BCUT2D eigenvalue weighted by Gasteiger charge is -2.34. The van der Waals surface area contributed by atoms with Gasteiger partial charge in [0.1, 0.15) is 12.4 Å². The van der Waals surface area contributed by atoms with Crippen molar-refractivity contribution >= 4 is 56.6 Å². The predicted octanol–water partition coefficient (Wildman–Crippen LogP) is 4.10. The summed E-state index contributed by atoms with van der Waals surface area (Å²) in [6.45, 7) is 7.61. The van der Waals surface area contributed by atoms with Crippen molar-refractivity contribution in [2.24, 2.45) is 5.92 Å². The zero-order valence-corrected chi connectivity index (χ0v) is 26.7. The number of amides is 1. The number of imidazole rings is 1. The lowest BCUT2D eigenvalue weighted by molar-refractivity contribution is -0.163. The first-order valence-corrected chi connectivity index (χ1v) is 16.4. The van der Waals surface area contributed by atoms with E-state index in [9.17, 15) is 9.59 Å². The number of piperidine rings is 1. The Balaban J connectivity index is 1.08. The molecule has 1 unspecified atom stereocenters. The number of carbonyl (C=O) groups excluding carboxylic acids is 2. The molecule has 12 nitrogen and oxygen atoms in total. The molecule has 0 saturated carbocycles. The second kappa shape index (κ2) is 12.9. The summed E-state index contributed by atoms with van der Waals surface area (Å²) in [5, 5.41) is 0.758. The fourth-order valence-electron chi connectivity index (χ4n) is 6.07. The highest BCUT2D eigenvalue weighted by Gasteiger charge is 2.34. The summed E-state index contributed by atoms with van der Waals surface area (Å²) in [5.74, 6) is 1.76. The lowest BCUT2D eigenvalue weighted by Crippen LogP contribution is -2.46. The van der Waals surface area contributed by atoms with E-state index < -0.39 is 6.10 Å². The molecular formula is C29H36BrN7O5S. The number of nitrogens with zero attached hydrogens (tertiary/aromatic N) is 6. The number of likely N-dealkylation sites (tertiary alicyclic amines) is 2. The van der Waals surface area contributed by atoms with E-state index in [0.717, 1.165) is 59.7 Å². The van der Waals surface area contributed by atoms with Crippen LogP contribution in [0.2, 0.25) is 0 Å². The molecule has 230 valence electrons. The summed E-state index contributed by atoms with van der Waals surface area (Å²) in [4.78, 5) is 44.2. The van der Waals surface area contributed by atoms with Crippen LogP contribution in [-0.4, -0.2) is 86.3 Å². The fourth-order valence-corrected chi connectivity index (χ4v) is 7.58. The smallest absolute Gasteiger partial charge is 0.324 e. The SMILES string of the molecule is CCN1CCCC1C(=O)O[C@@H](C)C(=O)N1CCC(CCn2c(Sc3cc4c(cc3Br)OCO4)nc3c(N)ncnc32)CC1. The molecule has 2 N–H and O–H groups in total. The van der Waals surface area contributed by atoms with Crippen LogP contribution in [0.25, 0.3) is 11.2 Å².